The molecule has 142 valence electrons. The highest BCUT2D eigenvalue weighted by molar-refractivity contribution is 7.81. The van der Waals surface area contributed by atoms with E-state index < -0.39 is 32.7 Å². The molecule has 0 atom stereocenters. The van der Waals surface area contributed by atoms with Crippen molar-refractivity contribution >= 4 is 32.7 Å². The average molecular weight is 390 g/mol. The molecule has 0 saturated carbocycles. The quantitative estimate of drug-likeness (QED) is 0.349. The fourth-order valence-corrected chi connectivity index (χ4v) is 2.55. The molecular weight excluding hydrogens is 368 g/mol. The van der Waals surface area contributed by atoms with Crippen LogP contribution in [-0.4, -0.2) is 37.9 Å². The number of unbranched alkanes of at least 4 members (excludes halogenated alkanes) is 7. The van der Waals surface area contributed by atoms with E-state index >= 15 is 0 Å². The molecule has 0 unspecified atom stereocenters. The smallest absolute Gasteiger partial charge is 0.325 e. The maximum Gasteiger partial charge on any atom is 0.448 e. The Morgan fingerprint density at radius 3 is 1.08 bits per heavy atom. The van der Waals surface area contributed by atoms with E-state index in [0.717, 1.165) is 25.7 Å². The summed E-state index contributed by atoms with van der Waals surface area (Å²) >= 11 is 0. The normalized spacial score (nSPS) is 11.9. The Kier molecular flexibility index (Phi) is 10.8. The molecule has 2 N–H and O–H groups in total. The van der Waals surface area contributed by atoms with E-state index in [9.17, 15) is 26.4 Å². The standard InChI is InChI=1S/C12H22O10S2/c13-11(21-23(15,16)17)9-7-5-3-1-2-4-6-8-10-12(14)22-24(18,19)20/h1-10H2,(H,15,16,17)(H,18,19,20). The summed E-state index contributed by atoms with van der Waals surface area (Å²) in [6.07, 6.45) is 5.61. The first-order chi connectivity index (χ1) is 11.0. The monoisotopic (exact) mass is 390 g/mol. The topological polar surface area (TPSA) is 161 Å². The summed E-state index contributed by atoms with van der Waals surface area (Å²) in [5.74, 6) is -1.98. The van der Waals surface area contributed by atoms with Gasteiger partial charge in [-0.3, -0.25) is 18.7 Å². The fraction of sp³-hybridized carbons (Fsp3) is 0.833. The van der Waals surface area contributed by atoms with Gasteiger partial charge in [0.25, 0.3) is 0 Å². The van der Waals surface area contributed by atoms with E-state index in [4.69, 9.17) is 9.11 Å². The molecule has 10 nitrogen and oxygen atoms in total. The summed E-state index contributed by atoms with van der Waals surface area (Å²) in [6, 6.07) is 0. The molecule has 0 aromatic heterocycles. The minimum absolute atomic E-state index is 0.0876. The van der Waals surface area contributed by atoms with Crippen molar-refractivity contribution in [3.8, 4) is 0 Å². The van der Waals surface area contributed by atoms with Gasteiger partial charge >= 0.3 is 32.7 Å². The van der Waals surface area contributed by atoms with Crippen LogP contribution in [0.25, 0.3) is 0 Å². The molecule has 0 radical (unpaired) electrons. The Hall–Kier alpha value is -1.24. The van der Waals surface area contributed by atoms with Crippen LogP contribution in [0.5, 0.6) is 0 Å². The van der Waals surface area contributed by atoms with Gasteiger partial charge in [0.2, 0.25) is 0 Å². The average Bonchev–Trinajstić information content (AvgIpc) is 2.36. The van der Waals surface area contributed by atoms with Crippen LogP contribution in [0.2, 0.25) is 0 Å². The number of rotatable bonds is 13. The van der Waals surface area contributed by atoms with Gasteiger partial charge in [0.05, 0.1) is 0 Å². The van der Waals surface area contributed by atoms with Crippen molar-refractivity contribution in [2.24, 2.45) is 0 Å². The minimum atomic E-state index is -4.73. The van der Waals surface area contributed by atoms with E-state index in [1.165, 1.54) is 0 Å². The zero-order valence-electron chi connectivity index (χ0n) is 13.0. The molecule has 0 aromatic carbocycles. The minimum Gasteiger partial charge on any atom is -0.325 e. The van der Waals surface area contributed by atoms with E-state index in [1.54, 1.807) is 0 Å². The third-order valence-electron chi connectivity index (χ3n) is 2.91. The molecule has 12 heteroatoms. The number of carbonyl (C=O) groups excluding carboxylic acids is 2. The molecule has 0 amide bonds. The second-order valence-corrected chi connectivity index (χ2v) is 7.14. The van der Waals surface area contributed by atoms with Gasteiger partial charge in [0.15, 0.2) is 0 Å². The fourth-order valence-electron chi connectivity index (χ4n) is 1.92. The highest BCUT2D eigenvalue weighted by atomic mass is 32.3. The van der Waals surface area contributed by atoms with Crippen molar-refractivity contribution in [2.45, 2.75) is 64.2 Å². The lowest BCUT2D eigenvalue weighted by atomic mass is 10.1. The number of hydrogen-bond acceptors (Lipinski definition) is 8. The molecule has 0 aliphatic carbocycles. The highest BCUT2D eigenvalue weighted by Gasteiger charge is 2.13. The van der Waals surface area contributed by atoms with Crippen LogP contribution in [0, 0.1) is 0 Å². The van der Waals surface area contributed by atoms with E-state index in [0.29, 0.717) is 25.7 Å². The third kappa shape index (κ3) is 17.1. The van der Waals surface area contributed by atoms with E-state index in [2.05, 4.69) is 8.37 Å². The molecule has 0 aromatic rings. The molecular formula is C12H22O10S2. The van der Waals surface area contributed by atoms with Gasteiger partial charge in [-0.1, -0.05) is 38.5 Å². The van der Waals surface area contributed by atoms with Crippen LogP contribution in [0.1, 0.15) is 64.2 Å². The molecule has 0 heterocycles. The van der Waals surface area contributed by atoms with E-state index in [1.807, 2.05) is 0 Å². The lowest BCUT2D eigenvalue weighted by molar-refractivity contribution is -0.135. The van der Waals surface area contributed by atoms with Crippen molar-refractivity contribution in [1.29, 1.82) is 0 Å². The van der Waals surface area contributed by atoms with Crippen molar-refractivity contribution in [2.75, 3.05) is 0 Å². The lowest BCUT2D eigenvalue weighted by Crippen LogP contribution is -2.11. The van der Waals surface area contributed by atoms with Gasteiger partial charge in [-0.25, -0.2) is 0 Å². The van der Waals surface area contributed by atoms with Gasteiger partial charge in [-0.15, -0.1) is 0 Å². The second-order valence-electron chi connectivity index (χ2n) is 5.09. The predicted molar refractivity (Wildman–Crippen MR) is 81.5 cm³/mol. The maximum atomic E-state index is 11.0. The molecule has 0 bridgehead atoms. The van der Waals surface area contributed by atoms with Crippen molar-refractivity contribution in [1.82, 2.24) is 0 Å². The second kappa shape index (κ2) is 11.3. The summed E-state index contributed by atoms with van der Waals surface area (Å²) in [6.45, 7) is 0. The molecule has 0 spiro atoms. The Balaban J connectivity index is 3.43. The zero-order valence-corrected chi connectivity index (χ0v) is 14.7. The molecule has 0 rings (SSSR count). The Morgan fingerprint density at radius 2 is 0.833 bits per heavy atom. The van der Waals surface area contributed by atoms with Gasteiger partial charge in [-0.05, 0) is 12.8 Å². The Bertz CT molecular complexity index is 539. The Morgan fingerprint density at radius 1 is 0.583 bits per heavy atom. The van der Waals surface area contributed by atoms with Crippen LogP contribution >= 0.6 is 0 Å². The summed E-state index contributed by atoms with van der Waals surface area (Å²) in [5, 5.41) is 0. The molecule has 0 aliphatic heterocycles. The van der Waals surface area contributed by atoms with Crippen molar-refractivity contribution in [3.63, 3.8) is 0 Å². The first-order valence-electron chi connectivity index (χ1n) is 7.39. The van der Waals surface area contributed by atoms with Crippen molar-refractivity contribution < 1.29 is 43.9 Å². The maximum absolute atomic E-state index is 11.0. The lowest BCUT2D eigenvalue weighted by Gasteiger charge is -2.03. The Labute approximate surface area is 141 Å². The summed E-state index contributed by atoms with van der Waals surface area (Å²) in [7, 11) is -9.46. The van der Waals surface area contributed by atoms with Crippen LogP contribution in [0.4, 0.5) is 0 Å². The summed E-state index contributed by atoms with van der Waals surface area (Å²) in [4.78, 5) is 21.9. The molecule has 0 saturated heterocycles. The van der Waals surface area contributed by atoms with E-state index in [-0.39, 0.29) is 12.8 Å². The van der Waals surface area contributed by atoms with Gasteiger partial charge in [0.1, 0.15) is 0 Å². The van der Waals surface area contributed by atoms with Crippen LogP contribution in [-0.2, 0) is 38.8 Å². The highest BCUT2D eigenvalue weighted by Crippen LogP contribution is 2.11. The molecule has 24 heavy (non-hydrogen) atoms. The summed E-state index contributed by atoms with van der Waals surface area (Å²) in [5.41, 5.74) is 0. The first kappa shape index (κ1) is 22.8. The predicted octanol–water partition coefficient (Wildman–Crippen LogP) is 1.58. The first-order valence-corrected chi connectivity index (χ1v) is 10.1. The number of hydrogen-bond donors (Lipinski definition) is 2. The third-order valence-corrected chi connectivity index (χ3v) is 3.70. The molecule has 0 aliphatic rings. The summed E-state index contributed by atoms with van der Waals surface area (Å²) < 4.78 is 65.1. The van der Waals surface area contributed by atoms with Gasteiger partial charge in [-0.2, -0.15) is 16.8 Å². The van der Waals surface area contributed by atoms with Crippen LogP contribution in [0.15, 0.2) is 0 Å². The van der Waals surface area contributed by atoms with Crippen molar-refractivity contribution in [3.05, 3.63) is 0 Å². The van der Waals surface area contributed by atoms with Crippen LogP contribution in [0.3, 0.4) is 0 Å². The largest absolute Gasteiger partial charge is 0.448 e. The van der Waals surface area contributed by atoms with Gasteiger partial charge < -0.3 is 8.37 Å². The molecule has 0 fully saturated rings. The number of carbonyl (C=O) groups is 2. The SMILES string of the molecule is O=C(CCCCCCCCCCC(=O)OS(=O)(=O)O)OS(=O)(=O)O. The van der Waals surface area contributed by atoms with Gasteiger partial charge in [0, 0.05) is 12.8 Å². The zero-order chi connectivity index (χ0) is 18.6. The van der Waals surface area contributed by atoms with Crippen LogP contribution < -0.4 is 0 Å².